The molecule has 0 spiro atoms. The van der Waals surface area contributed by atoms with Gasteiger partial charge in [0.25, 0.3) is 0 Å². The van der Waals surface area contributed by atoms with Gasteiger partial charge in [0.2, 0.25) is 0 Å². The summed E-state index contributed by atoms with van der Waals surface area (Å²) in [6, 6.07) is 0. The number of aliphatic hydroxyl groups is 1. The molecule has 1 nitrogen and oxygen atoms in total. The van der Waals surface area contributed by atoms with Crippen molar-refractivity contribution >= 4 is 0 Å². The molecule has 0 amide bonds. The lowest BCUT2D eigenvalue weighted by molar-refractivity contribution is 0.370. The molecule has 2 aliphatic carbocycles. The van der Waals surface area contributed by atoms with E-state index in [9.17, 15) is 0 Å². The molecule has 0 aromatic rings. The second-order valence-corrected chi connectivity index (χ2v) is 3.22. The minimum absolute atomic E-state index is 0.643. The van der Waals surface area contributed by atoms with E-state index in [-0.39, 0.29) is 0 Å². The molecule has 1 N–H and O–H groups in total. The van der Waals surface area contributed by atoms with Gasteiger partial charge in [0.15, 0.2) is 0 Å². The van der Waals surface area contributed by atoms with Crippen LogP contribution in [0.2, 0.25) is 0 Å². The lowest BCUT2D eigenvalue weighted by Crippen LogP contribution is -1.96. The van der Waals surface area contributed by atoms with Crippen molar-refractivity contribution in [3.8, 4) is 0 Å². The van der Waals surface area contributed by atoms with Crippen LogP contribution in [0.15, 0.2) is 11.8 Å². The summed E-state index contributed by atoms with van der Waals surface area (Å²) < 4.78 is 0. The Morgan fingerprint density at radius 2 is 2.33 bits per heavy atom. The van der Waals surface area contributed by atoms with Gasteiger partial charge in [-0.2, -0.15) is 0 Å². The molecule has 9 heavy (non-hydrogen) atoms. The van der Waals surface area contributed by atoms with E-state index in [1.54, 1.807) is 0 Å². The summed E-state index contributed by atoms with van der Waals surface area (Å²) >= 11 is 0. The molecule has 0 saturated heterocycles. The number of hydrogen-bond acceptors (Lipinski definition) is 1. The van der Waals surface area contributed by atoms with Crippen LogP contribution in [0.1, 0.15) is 25.7 Å². The first kappa shape index (κ1) is 5.33. The zero-order valence-corrected chi connectivity index (χ0v) is 5.51. The largest absolute Gasteiger partial charge is 0.513 e. The van der Waals surface area contributed by atoms with Crippen LogP contribution in [0.25, 0.3) is 0 Å². The Kier molecular flexibility index (Phi) is 1.04. The van der Waals surface area contributed by atoms with Gasteiger partial charge in [-0.3, -0.25) is 0 Å². The van der Waals surface area contributed by atoms with Crippen LogP contribution in [-0.2, 0) is 0 Å². The van der Waals surface area contributed by atoms with E-state index < -0.39 is 0 Å². The van der Waals surface area contributed by atoms with Crippen molar-refractivity contribution in [3.05, 3.63) is 11.8 Å². The maximum Gasteiger partial charge on any atom is 0.0888 e. The summed E-state index contributed by atoms with van der Waals surface area (Å²) in [6.07, 6.45) is 7.04. The van der Waals surface area contributed by atoms with Gasteiger partial charge in [0.05, 0.1) is 5.76 Å². The van der Waals surface area contributed by atoms with E-state index in [1.165, 1.54) is 19.3 Å². The number of hydrogen-bond donors (Lipinski definition) is 1. The summed E-state index contributed by atoms with van der Waals surface area (Å²) in [4.78, 5) is 0. The van der Waals surface area contributed by atoms with Crippen molar-refractivity contribution in [3.63, 3.8) is 0 Å². The normalized spacial score (nSPS) is 40.7. The molecule has 1 heteroatoms. The summed E-state index contributed by atoms with van der Waals surface area (Å²) in [5.74, 6) is 2.19. The van der Waals surface area contributed by atoms with Crippen LogP contribution in [0.4, 0.5) is 0 Å². The molecule has 50 valence electrons. The van der Waals surface area contributed by atoms with Crippen molar-refractivity contribution in [2.75, 3.05) is 0 Å². The second-order valence-electron chi connectivity index (χ2n) is 3.22. The number of rotatable bonds is 0. The fourth-order valence-corrected chi connectivity index (χ4v) is 2.12. The Morgan fingerprint density at radius 1 is 1.44 bits per heavy atom. The third-order valence-corrected chi connectivity index (χ3v) is 2.60. The highest BCUT2D eigenvalue weighted by Crippen LogP contribution is 2.41. The monoisotopic (exact) mass is 124 g/mol. The highest BCUT2D eigenvalue weighted by molar-refractivity contribution is 5.08. The highest BCUT2D eigenvalue weighted by atomic mass is 16.3. The Balaban J connectivity index is 2.13. The zero-order chi connectivity index (χ0) is 6.27. The minimum Gasteiger partial charge on any atom is -0.513 e. The summed E-state index contributed by atoms with van der Waals surface area (Å²) in [6.45, 7) is 0. The van der Waals surface area contributed by atoms with E-state index in [0.29, 0.717) is 5.76 Å². The smallest absolute Gasteiger partial charge is 0.0888 e. The average Bonchev–Trinajstić information content (AvgIpc) is 2.22. The molecule has 2 aliphatic rings. The van der Waals surface area contributed by atoms with Crippen molar-refractivity contribution in [1.82, 2.24) is 0 Å². The van der Waals surface area contributed by atoms with Gasteiger partial charge >= 0.3 is 0 Å². The van der Waals surface area contributed by atoms with Gasteiger partial charge in [-0.25, -0.2) is 0 Å². The molecule has 0 aromatic carbocycles. The molecule has 0 bridgehead atoms. The highest BCUT2D eigenvalue weighted by Gasteiger charge is 2.31. The molecular weight excluding hydrogens is 112 g/mol. The molecule has 0 radical (unpaired) electrons. The maximum absolute atomic E-state index is 9.10. The molecule has 0 aliphatic heterocycles. The Morgan fingerprint density at radius 3 is 3.11 bits per heavy atom. The van der Waals surface area contributed by atoms with Gasteiger partial charge in [-0.15, -0.1) is 0 Å². The Bertz CT molecular complexity index is 149. The van der Waals surface area contributed by atoms with Gasteiger partial charge in [0.1, 0.15) is 0 Å². The van der Waals surface area contributed by atoms with Gasteiger partial charge in [0, 0.05) is 6.42 Å². The molecule has 0 unspecified atom stereocenters. The molecule has 0 aromatic heterocycles. The van der Waals surface area contributed by atoms with Crippen LogP contribution in [0, 0.1) is 11.8 Å². The lowest BCUT2D eigenvalue weighted by atomic mass is 10.0. The predicted molar refractivity (Wildman–Crippen MR) is 36.2 cm³/mol. The Hall–Kier alpha value is -0.460. The number of fused-ring (bicyclic) bond motifs is 1. The van der Waals surface area contributed by atoms with Crippen molar-refractivity contribution < 1.29 is 5.11 Å². The first-order valence-electron chi connectivity index (χ1n) is 3.76. The van der Waals surface area contributed by atoms with Gasteiger partial charge in [-0.1, -0.05) is 6.42 Å². The van der Waals surface area contributed by atoms with Crippen molar-refractivity contribution in [2.24, 2.45) is 11.8 Å². The maximum atomic E-state index is 9.10. The fourth-order valence-electron chi connectivity index (χ4n) is 2.12. The van der Waals surface area contributed by atoms with E-state index in [4.69, 9.17) is 5.11 Å². The number of allylic oxidation sites excluding steroid dienone is 2. The number of aliphatic hydroxyl groups excluding tert-OH is 1. The van der Waals surface area contributed by atoms with E-state index in [1.807, 2.05) is 0 Å². The van der Waals surface area contributed by atoms with Crippen molar-refractivity contribution in [2.45, 2.75) is 25.7 Å². The Labute approximate surface area is 55.4 Å². The van der Waals surface area contributed by atoms with Gasteiger partial charge in [-0.05, 0) is 30.8 Å². The van der Waals surface area contributed by atoms with Crippen LogP contribution in [0.5, 0.6) is 0 Å². The van der Waals surface area contributed by atoms with E-state index in [0.717, 1.165) is 18.3 Å². The molecule has 2 atom stereocenters. The lowest BCUT2D eigenvalue weighted by Gasteiger charge is -2.04. The van der Waals surface area contributed by atoms with Crippen LogP contribution in [0.3, 0.4) is 0 Å². The molecule has 2 rings (SSSR count). The summed E-state index contributed by atoms with van der Waals surface area (Å²) in [5.41, 5.74) is 0. The van der Waals surface area contributed by atoms with Crippen LogP contribution < -0.4 is 0 Å². The first-order chi connectivity index (χ1) is 4.36. The SMILES string of the molecule is OC1=C[C@H]2CCC[C@H]2C1. The van der Waals surface area contributed by atoms with E-state index in [2.05, 4.69) is 6.08 Å². The summed E-state index contributed by atoms with van der Waals surface area (Å²) in [7, 11) is 0. The average molecular weight is 124 g/mol. The van der Waals surface area contributed by atoms with Crippen LogP contribution in [-0.4, -0.2) is 5.11 Å². The third-order valence-electron chi connectivity index (χ3n) is 2.60. The quantitative estimate of drug-likeness (QED) is 0.525. The summed E-state index contributed by atoms with van der Waals surface area (Å²) in [5, 5.41) is 9.10. The molecular formula is C8H12O. The topological polar surface area (TPSA) is 20.2 Å². The van der Waals surface area contributed by atoms with Crippen molar-refractivity contribution in [1.29, 1.82) is 0 Å². The second kappa shape index (κ2) is 1.76. The first-order valence-corrected chi connectivity index (χ1v) is 3.76. The zero-order valence-electron chi connectivity index (χ0n) is 5.51. The van der Waals surface area contributed by atoms with Gasteiger partial charge < -0.3 is 5.11 Å². The molecule has 1 fully saturated rings. The molecule has 1 saturated carbocycles. The van der Waals surface area contributed by atoms with Crippen LogP contribution >= 0.6 is 0 Å². The third kappa shape index (κ3) is 0.752. The fraction of sp³-hybridized carbons (Fsp3) is 0.750. The minimum atomic E-state index is 0.643. The molecule has 0 heterocycles. The standard InChI is InChI=1S/C8H12O/c9-8-4-6-2-1-3-7(6)5-8/h4,6-7,9H,1-3,5H2/t6-,7+/m1/s1. The van der Waals surface area contributed by atoms with E-state index >= 15 is 0 Å². The predicted octanol–water partition coefficient (Wildman–Crippen LogP) is 2.25.